The standard InChI is InChI=1S/C22H24ClFN4O2/c1-13-14-5-4-6-18(22(2,30)12-24)15(14)7-8-28(13)20(29)9-16-17-10-26-27(3)21(17)25-11-19(16)23/h4-6,10-11,13,30H,7-9,12H2,1-3H3/t13-,22-/m0/s1. The van der Waals surface area contributed by atoms with Crippen molar-refractivity contribution in [1.82, 2.24) is 19.7 Å². The molecular formula is C22H24ClFN4O2. The van der Waals surface area contributed by atoms with Crippen molar-refractivity contribution in [2.45, 2.75) is 38.3 Å². The van der Waals surface area contributed by atoms with Gasteiger partial charge in [-0.1, -0.05) is 29.8 Å². The number of rotatable bonds is 4. The van der Waals surface area contributed by atoms with Gasteiger partial charge in [-0.15, -0.1) is 0 Å². The van der Waals surface area contributed by atoms with Crippen LogP contribution in [0.1, 0.15) is 42.1 Å². The van der Waals surface area contributed by atoms with Crippen LogP contribution >= 0.6 is 11.6 Å². The van der Waals surface area contributed by atoms with E-state index in [2.05, 4.69) is 10.1 Å². The summed E-state index contributed by atoms with van der Waals surface area (Å²) < 4.78 is 15.0. The quantitative estimate of drug-likeness (QED) is 0.687. The van der Waals surface area contributed by atoms with Crippen LogP contribution < -0.4 is 0 Å². The van der Waals surface area contributed by atoms with Gasteiger partial charge in [-0.05, 0) is 42.5 Å². The molecule has 2 aromatic heterocycles. The van der Waals surface area contributed by atoms with Crippen LogP contribution in [0.25, 0.3) is 11.0 Å². The summed E-state index contributed by atoms with van der Waals surface area (Å²) >= 11 is 6.37. The number of nitrogens with zero attached hydrogens (tertiary/aromatic N) is 4. The first-order chi connectivity index (χ1) is 14.2. The van der Waals surface area contributed by atoms with Gasteiger partial charge in [0.1, 0.15) is 12.3 Å². The number of carbonyl (C=O) groups is 1. The van der Waals surface area contributed by atoms with E-state index in [0.29, 0.717) is 34.8 Å². The van der Waals surface area contributed by atoms with E-state index in [0.717, 1.165) is 16.5 Å². The second-order valence-electron chi connectivity index (χ2n) is 8.06. The Kier molecular flexibility index (Phi) is 5.28. The van der Waals surface area contributed by atoms with Crippen LogP contribution in [-0.2, 0) is 30.3 Å². The van der Waals surface area contributed by atoms with Gasteiger partial charge in [0.25, 0.3) is 0 Å². The van der Waals surface area contributed by atoms with E-state index in [1.54, 1.807) is 30.2 Å². The summed E-state index contributed by atoms with van der Waals surface area (Å²) in [4.78, 5) is 19.3. The minimum Gasteiger partial charge on any atom is -0.383 e. The van der Waals surface area contributed by atoms with Crippen LogP contribution in [0.3, 0.4) is 0 Å². The van der Waals surface area contributed by atoms with Gasteiger partial charge < -0.3 is 10.0 Å². The average molecular weight is 431 g/mol. The zero-order valence-corrected chi connectivity index (χ0v) is 17.9. The predicted molar refractivity (Wildman–Crippen MR) is 113 cm³/mol. The van der Waals surface area contributed by atoms with E-state index in [4.69, 9.17) is 11.6 Å². The monoisotopic (exact) mass is 430 g/mol. The molecule has 158 valence electrons. The van der Waals surface area contributed by atoms with E-state index in [1.165, 1.54) is 6.92 Å². The molecule has 3 aromatic rings. The maximum atomic E-state index is 13.4. The first-order valence-electron chi connectivity index (χ1n) is 9.89. The third-order valence-corrected chi connectivity index (χ3v) is 6.37. The molecule has 0 unspecified atom stereocenters. The SMILES string of the molecule is C[C@H]1c2cccc([C@@](C)(O)CF)c2CCN1C(=O)Cc1c(Cl)cnc2c1cnn2C. The van der Waals surface area contributed by atoms with Crippen molar-refractivity contribution < 1.29 is 14.3 Å². The Balaban J connectivity index is 1.64. The number of pyridine rings is 1. The molecule has 1 aliphatic rings. The first kappa shape index (κ1) is 20.8. The van der Waals surface area contributed by atoms with Gasteiger partial charge in [-0.3, -0.25) is 9.48 Å². The fourth-order valence-electron chi connectivity index (χ4n) is 4.34. The molecule has 0 aliphatic carbocycles. The highest BCUT2D eigenvalue weighted by Gasteiger charge is 2.34. The minimum atomic E-state index is -1.53. The molecule has 30 heavy (non-hydrogen) atoms. The Morgan fingerprint density at radius 3 is 2.90 bits per heavy atom. The molecule has 1 amide bonds. The second kappa shape index (κ2) is 7.63. The molecule has 8 heteroatoms. The topological polar surface area (TPSA) is 71.2 Å². The fraction of sp³-hybridized carbons (Fsp3) is 0.409. The number of alkyl halides is 1. The molecule has 0 saturated heterocycles. The zero-order chi connectivity index (χ0) is 21.6. The third-order valence-electron chi connectivity index (χ3n) is 6.04. The zero-order valence-electron chi connectivity index (χ0n) is 17.2. The van der Waals surface area contributed by atoms with E-state index in [1.807, 2.05) is 24.0 Å². The van der Waals surface area contributed by atoms with Gasteiger partial charge >= 0.3 is 0 Å². The second-order valence-corrected chi connectivity index (χ2v) is 8.47. The van der Waals surface area contributed by atoms with E-state index >= 15 is 0 Å². The van der Waals surface area contributed by atoms with Crippen molar-refractivity contribution in [3.63, 3.8) is 0 Å². The molecule has 0 radical (unpaired) electrons. The van der Waals surface area contributed by atoms with Crippen molar-refractivity contribution in [2.75, 3.05) is 13.2 Å². The number of aliphatic hydroxyl groups is 1. The summed E-state index contributed by atoms with van der Waals surface area (Å²) in [5.74, 6) is -0.0472. The Morgan fingerprint density at radius 2 is 2.17 bits per heavy atom. The van der Waals surface area contributed by atoms with E-state index < -0.39 is 12.3 Å². The molecule has 0 saturated carbocycles. The number of amides is 1. The van der Waals surface area contributed by atoms with Crippen LogP contribution in [-0.4, -0.2) is 43.9 Å². The lowest BCUT2D eigenvalue weighted by molar-refractivity contribution is -0.133. The molecule has 0 spiro atoms. The lowest BCUT2D eigenvalue weighted by Gasteiger charge is -2.38. The van der Waals surface area contributed by atoms with Crippen LogP contribution in [0.2, 0.25) is 5.02 Å². The maximum absolute atomic E-state index is 13.4. The Labute approximate surface area is 179 Å². The van der Waals surface area contributed by atoms with Crippen molar-refractivity contribution in [1.29, 1.82) is 0 Å². The summed E-state index contributed by atoms with van der Waals surface area (Å²) in [6.45, 7) is 3.07. The van der Waals surface area contributed by atoms with Gasteiger partial charge in [0, 0.05) is 25.2 Å². The molecule has 0 fully saturated rings. The summed E-state index contributed by atoms with van der Waals surface area (Å²) in [6, 6.07) is 5.32. The molecule has 1 N–H and O–H groups in total. The Morgan fingerprint density at radius 1 is 1.40 bits per heavy atom. The molecule has 1 aliphatic heterocycles. The van der Waals surface area contributed by atoms with Gasteiger partial charge in [-0.25, -0.2) is 9.37 Å². The normalized spacial score (nSPS) is 18.3. The largest absolute Gasteiger partial charge is 0.383 e. The maximum Gasteiger partial charge on any atom is 0.227 e. The smallest absolute Gasteiger partial charge is 0.227 e. The summed E-state index contributed by atoms with van der Waals surface area (Å²) in [7, 11) is 1.79. The Hall–Kier alpha value is -2.51. The van der Waals surface area contributed by atoms with Gasteiger partial charge in [-0.2, -0.15) is 5.10 Å². The molecule has 1 aromatic carbocycles. The first-order valence-corrected chi connectivity index (χ1v) is 10.3. The Bertz CT molecular complexity index is 1130. The molecule has 3 heterocycles. The van der Waals surface area contributed by atoms with Crippen LogP contribution in [0.15, 0.2) is 30.6 Å². The molecular weight excluding hydrogens is 407 g/mol. The van der Waals surface area contributed by atoms with Gasteiger partial charge in [0.15, 0.2) is 5.65 Å². The van der Waals surface area contributed by atoms with Gasteiger partial charge in [0.2, 0.25) is 5.91 Å². The minimum absolute atomic E-state index is 0.0472. The van der Waals surface area contributed by atoms with Crippen molar-refractivity contribution in [3.8, 4) is 0 Å². The lowest BCUT2D eigenvalue weighted by Crippen LogP contribution is -2.41. The number of fused-ring (bicyclic) bond motifs is 2. The van der Waals surface area contributed by atoms with E-state index in [9.17, 15) is 14.3 Å². The fourth-order valence-corrected chi connectivity index (χ4v) is 4.56. The highest BCUT2D eigenvalue weighted by molar-refractivity contribution is 6.32. The molecule has 0 bridgehead atoms. The average Bonchev–Trinajstić information content (AvgIpc) is 3.11. The summed E-state index contributed by atoms with van der Waals surface area (Å²) in [5.41, 5.74) is 2.31. The summed E-state index contributed by atoms with van der Waals surface area (Å²) in [5, 5.41) is 15.9. The van der Waals surface area contributed by atoms with Crippen molar-refractivity contribution >= 4 is 28.5 Å². The van der Waals surface area contributed by atoms with Crippen LogP contribution in [0.4, 0.5) is 4.39 Å². The molecule has 4 rings (SSSR count). The lowest BCUT2D eigenvalue weighted by atomic mass is 9.83. The number of halogens is 2. The highest BCUT2D eigenvalue weighted by atomic mass is 35.5. The van der Waals surface area contributed by atoms with Crippen LogP contribution in [0, 0.1) is 0 Å². The third kappa shape index (κ3) is 3.36. The van der Waals surface area contributed by atoms with Gasteiger partial charge in [0.05, 0.1) is 23.7 Å². The van der Waals surface area contributed by atoms with E-state index in [-0.39, 0.29) is 18.4 Å². The number of hydrogen-bond donors (Lipinski definition) is 1. The number of aromatic nitrogens is 3. The number of benzene rings is 1. The predicted octanol–water partition coefficient (Wildman–Crippen LogP) is 3.49. The number of aryl methyl sites for hydroxylation is 1. The molecule has 2 atom stereocenters. The van der Waals surface area contributed by atoms with Crippen molar-refractivity contribution in [2.24, 2.45) is 7.05 Å². The number of hydrogen-bond acceptors (Lipinski definition) is 4. The van der Waals surface area contributed by atoms with Crippen LogP contribution in [0.5, 0.6) is 0 Å². The van der Waals surface area contributed by atoms with Crippen molar-refractivity contribution in [3.05, 3.63) is 57.9 Å². The highest BCUT2D eigenvalue weighted by Crippen LogP contribution is 2.36. The molecule has 6 nitrogen and oxygen atoms in total. The summed E-state index contributed by atoms with van der Waals surface area (Å²) in [6.07, 6.45) is 3.93. The number of carbonyl (C=O) groups excluding carboxylic acids is 1.